The van der Waals surface area contributed by atoms with Gasteiger partial charge in [-0.25, -0.2) is 4.98 Å². The molecule has 0 bridgehead atoms. The van der Waals surface area contributed by atoms with E-state index in [9.17, 15) is 10.1 Å². The van der Waals surface area contributed by atoms with Gasteiger partial charge in [0.2, 0.25) is 5.82 Å². The molecule has 1 aliphatic rings. The SMILES string of the molecule is CCc1ccc([C@@H]2C[C@H](C)CCN2c2ncccc2[N+](=O)[O-])o1. The summed E-state index contributed by atoms with van der Waals surface area (Å²) in [5, 5.41) is 11.3. The maximum atomic E-state index is 11.3. The van der Waals surface area contributed by atoms with Crippen molar-refractivity contribution in [2.45, 2.75) is 39.2 Å². The molecule has 0 aliphatic carbocycles. The second kappa shape index (κ2) is 6.40. The lowest BCUT2D eigenvalue weighted by molar-refractivity contribution is -0.384. The summed E-state index contributed by atoms with van der Waals surface area (Å²) in [6.45, 7) is 5.00. The van der Waals surface area contributed by atoms with Gasteiger partial charge in [-0.2, -0.15) is 0 Å². The largest absolute Gasteiger partial charge is 0.464 e. The zero-order valence-corrected chi connectivity index (χ0v) is 13.4. The molecule has 23 heavy (non-hydrogen) atoms. The summed E-state index contributed by atoms with van der Waals surface area (Å²) in [7, 11) is 0. The highest BCUT2D eigenvalue weighted by atomic mass is 16.6. The predicted molar refractivity (Wildman–Crippen MR) is 87.5 cm³/mol. The fraction of sp³-hybridized carbons (Fsp3) is 0.471. The number of anilines is 1. The van der Waals surface area contributed by atoms with E-state index in [0.29, 0.717) is 11.7 Å². The molecule has 6 heteroatoms. The van der Waals surface area contributed by atoms with Gasteiger partial charge in [0.15, 0.2) is 0 Å². The molecule has 0 aromatic carbocycles. The molecule has 122 valence electrons. The van der Waals surface area contributed by atoms with Crippen molar-refractivity contribution in [3.05, 3.63) is 52.1 Å². The second-order valence-corrected chi connectivity index (χ2v) is 6.10. The van der Waals surface area contributed by atoms with Crippen LogP contribution in [0, 0.1) is 16.0 Å². The Balaban J connectivity index is 2.00. The number of piperidine rings is 1. The number of rotatable bonds is 4. The molecule has 2 aromatic rings. The van der Waals surface area contributed by atoms with Crippen LogP contribution in [0.4, 0.5) is 11.5 Å². The zero-order chi connectivity index (χ0) is 16.4. The number of aryl methyl sites for hydroxylation is 1. The van der Waals surface area contributed by atoms with Crippen molar-refractivity contribution < 1.29 is 9.34 Å². The van der Waals surface area contributed by atoms with Gasteiger partial charge in [-0.3, -0.25) is 10.1 Å². The Morgan fingerprint density at radius 2 is 2.26 bits per heavy atom. The van der Waals surface area contributed by atoms with Gasteiger partial charge in [0.05, 0.1) is 11.0 Å². The average molecular weight is 315 g/mol. The molecule has 0 unspecified atom stereocenters. The predicted octanol–water partition coefficient (Wildman–Crippen LogP) is 4.12. The summed E-state index contributed by atoms with van der Waals surface area (Å²) in [4.78, 5) is 17.3. The maximum absolute atomic E-state index is 11.3. The van der Waals surface area contributed by atoms with Crippen molar-refractivity contribution in [3.8, 4) is 0 Å². The highest BCUT2D eigenvalue weighted by Crippen LogP contribution is 2.40. The van der Waals surface area contributed by atoms with E-state index in [-0.39, 0.29) is 16.7 Å². The number of hydrogen-bond acceptors (Lipinski definition) is 5. The number of nitro groups is 1. The lowest BCUT2D eigenvalue weighted by atomic mass is 9.91. The molecule has 0 amide bonds. The number of furan rings is 1. The Morgan fingerprint density at radius 3 is 2.96 bits per heavy atom. The minimum atomic E-state index is -0.364. The van der Waals surface area contributed by atoms with E-state index in [0.717, 1.165) is 37.3 Å². The molecule has 3 heterocycles. The summed E-state index contributed by atoms with van der Waals surface area (Å²) < 4.78 is 5.93. The van der Waals surface area contributed by atoms with Gasteiger partial charge in [-0.15, -0.1) is 0 Å². The minimum Gasteiger partial charge on any atom is -0.464 e. The normalized spacial score (nSPS) is 21.4. The number of hydrogen-bond donors (Lipinski definition) is 0. The first-order valence-electron chi connectivity index (χ1n) is 8.04. The van der Waals surface area contributed by atoms with E-state index < -0.39 is 0 Å². The molecule has 0 radical (unpaired) electrons. The summed E-state index contributed by atoms with van der Waals surface area (Å²) in [6, 6.07) is 7.08. The highest BCUT2D eigenvalue weighted by Gasteiger charge is 2.34. The van der Waals surface area contributed by atoms with E-state index in [1.807, 2.05) is 24.0 Å². The molecular formula is C17H21N3O3. The van der Waals surface area contributed by atoms with E-state index in [2.05, 4.69) is 11.9 Å². The third-order valence-electron chi connectivity index (χ3n) is 4.46. The fourth-order valence-corrected chi connectivity index (χ4v) is 3.18. The van der Waals surface area contributed by atoms with Crippen LogP contribution in [0.2, 0.25) is 0 Å². The van der Waals surface area contributed by atoms with E-state index in [4.69, 9.17) is 4.42 Å². The van der Waals surface area contributed by atoms with E-state index in [1.165, 1.54) is 6.07 Å². The first-order chi connectivity index (χ1) is 11.1. The van der Waals surface area contributed by atoms with Crippen molar-refractivity contribution in [2.24, 2.45) is 5.92 Å². The van der Waals surface area contributed by atoms with Crippen LogP contribution in [-0.2, 0) is 6.42 Å². The Labute approximate surface area is 135 Å². The average Bonchev–Trinajstić information content (AvgIpc) is 3.03. The monoisotopic (exact) mass is 315 g/mol. The van der Waals surface area contributed by atoms with Crippen LogP contribution in [0.1, 0.15) is 44.3 Å². The molecule has 1 fully saturated rings. The molecule has 1 aliphatic heterocycles. The second-order valence-electron chi connectivity index (χ2n) is 6.10. The first kappa shape index (κ1) is 15.5. The Kier molecular flexibility index (Phi) is 4.32. The van der Waals surface area contributed by atoms with Gasteiger partial charge in [0, 0.05) is 25.2 Å². The molecule has 0 saturated carbocycles. The van der Waals surface area contributed by atoms with Crippen LogP contribution in [0.3, 0.4) is 0 Å². The van der Waals surface area contributed by atoms with Crippen LogP contribution < -0.4 is 4.90 Å². The van der Waals surface area contributed by atoms with E-state index in [1.54, 1.807) is 12.3 Å². The van der Waals surface area contributed by atoms with Gasteiger partial charge in [-0.05, 0) is 37.0 Å². The van der Waals surface area contributed by atoms with Gasteiger partial charge in [-0.1, -0.05) is 13.8 Å². The van der Waals surface area contributed by atoms with Crippen LogP contribution in [0.25, 0.3) is 0 Å². The fourth-order valence-electron chi connectivity index (χ4n) is 3.18. The summed E-state index contributed by atoms with van der Waals surface area (Å²) in [5.41, 5.74) is 0.0503. The molecule has 6 nitrogen and oxygen atoms in total. The molecule has 2 atom stereocenters. The summed E-state index contributed by atoms with van der Waals surface area (Å²) in [5.74, 6) is 2.79. The van der Waals surface area contributed by atoms with Crippen molar-refractivity contribution in [1.82, 2.24) is 4.98 Å². The molecule has 0 spiro atoms. The Hall–Kier alpha value is -2.37. The van der Waals surface area contributed by atoms with Gasteiger partial charge < -0.3 is 9.32 Å². The van der Waals surface area contributed by atoms with Crippen molar-refractivity contribution in [2.75, 3.05) is 11.4 Å². The Bertz CT molecular complexity index is 698. The molecule has 3 rings (SSSR count). The highest BCUT2D eigenvalue weighted by molar-refractivity contribution is 5.58. The van der Waals surface area contributed by atoms with Crippen LogP contribution in [-0.4, -0.2) is 16.5 Å². The number of aromatic nitrogens is 1. The summed E-state index contributed by atoms with van der Waals surface area (Å²) in [6.07, 6.45) is 4.35. The zero-order valence-electron chi connectivity index (χ0n) is 13.4. The van der Waals surface area contributed by atoms with Gasteiger partial charge in [0.25, 0.3) is 0 Å². The molecular weight excluding hydrogens is 294 g/mol. The number of nitrogens with zero attached hydrogens (tertiary/aromatic N) is 3. The topological polar surface area (TPSA) is 72.4 Å². The molecule has 0 N–H and O–H groups in total. The van der Waals surface area contributed by atoms with Gasteiger partial charge in [0.1, 0.15) is 11.5 Å². The lowest BCUT2D eigenvalue weighted by Gasteiger charge is -2.37. The van der Waals surface area contributed by atoms with Crippen molar-refractivity contribution in [3.63, 3.8) is 0 Å². The first-order valence-corrected chi connectivity index (χ1v) is 8.04. The maximum Gasteiger partial charge on any atom is 0.311 e. The number of pyridine rings is 1. The minimum absolute atomic E-state index is 0.00681. The smallest absolute Gasteiger partial charge is 0.311 e. The third kappa shape index (κ3) is 3.06. The molecule has 2 aromatic heterocycles. The summed E-state index contributed by atoms with van der Waals surface area (Å²) >= 11 is 0. The lowest BCUT2D eigenvalue weighted by Crippen LogP contribution is -2.37. The van der Waals surface area contributed by atoms with Crippen molar-refractivity contribution >= 4 is 11.5 Å². The Morgan fingerprint density at radius 1 is 1.43 bits per heavy atom. The standard InChI is InChI=1S/C17H21N3O3/c1-3-13-6-7-16(23-13)15-11-12(2)8-10-19(15)17-14(20(21)22)5-4-9-18-17/h4-7,9,12,15H,3,8,10-11H2,1-2H3/t12-,15+/m1/s1. The van der Waals surface area contributed by atoms with Crippen LogP contribution in [0.5, 0.6) is 0 Å². The van der Waals surface area contributed by atoms with Gasteiger partial charge >= 0.3 is 5.69 Å². The van der Waals surface area contributed by atoms with Crippen LogP contribution in [0.15, 0.2) is 34.9 Å². The third-order valence-corrected chi connectivity index (χ3v) is 4.46. The van der Waals surface area contributed by atoms with Crippen LogP contribution >= 0.6 is 0 Å². The quantitative estimate of drug-likeness (QED) is 0.626. The molecule has 1 saturated heterocycles. The van der Waals surface area contributed by atoms with E-state index >= 15 is 0 Å². The van der Waals surface area contributed by atoms with Crippen molar-refractivity contribution in [1.29, 1.82) is 0 Å².